The minimum absolute atomic E-state index is 0.808. The molecule has 3 heteroatoms. The number of aryl methyl sites for hydroxylation is 1. The normalized spacial score (nSPS) is 10.2. The van der Waals surface area contributed by atoms with E-state index in [0.29, 0.717) is 0 Å². The third kappa shape index (κ3) is 2.56. The summed E-state index contributed by atoms with van der Waals surface area (Å²) in [5.74, 6) is 0. The van der Waals surface area contributed by atoms with Crippen LogP contribution in [-0.4, -0.2) is 14.1 Å². The van der Waals surface area contributed by atoms with Crippen molar-refractivity contribution in [3.05, 3.63) is 48.0 Å². The second-order valence-corrected chi connectivity index (χ2v) is 4.61. The highest BCUT2D eigenvalue weighted by Crippen LogP contribution is 2.28. The van der Waals surface area contributed by atoms with Crippen LogP contribution < -0.4 is 16.0 Å². The Labute approximate surface area is 108 Å². The van der Waals surface area contributed by atoms with E-state index in [1.807, 2.05) is 51.4 Å². The van der Waals surface area contributed by atoms with Crippen LogP contribution in [0.2, 0.25) is 0 Å². The summed E-state index contributed by atoms with van der Waals surface area (Å²) in [6.45, 7) is 2.01. The Morgan fingerprint density at radius 1 is 1.06 bits per heavy atom. The zero-order valence-electron chi connectivity index (χ0n) is 11.1. The van der Waals surface area contributed by atoms with Crippen LogP contribution in [0, 0.1) is 6.92 Å². The number of nitrogens with one attached hydrogen (secondary N) is 1. The number of benzene rings is 2. The summed E-state index contributed by atoms with van der Waals surface area (Å²) < 4.78 is 0. The number of hydrogen-bond acceptors (Lipinski definition) is 3. The number of hydrogen-bond donors (Lipinski definition) is 2. The van der Waals surface area contributed by atoms with Crippen molar-refractivity contribution in [2.45, 2.75) is 6.92 Å². The van der Waals surface area contributed by atoms with Crippen LogP contribution in [0.25, 0.3) is 0 Å². The Morgan fingerprint density at radius 2 is 1.78 bits per heavy atom. The third-order valence-corrected chi connectivity index (χ3v) is 2.94. The van der Waals surface area contributed by atoms with Gasteiger partial charge in [-0.1, -0.05) is 18.2 Å². The first-order valence-electron chi connectivity index (χ1n) is 5.97. The molecule has 2 aromatic carbocycles. The summed E-state index contributed by atoms with van der Waals surface area (Å²) in [6, 6.07) is 14.2. The second-order valence-electron chi connectivity index (χ2n) is 4.61. The van der Waals surface area contributed by atoms with E-state index in [1.54, 1.807) is 0 Å². The molecule has 0 saturated heterocycles. The molecule has 0 radical (unpaired) electrons. The van der Waals surface area contributed by atoms with Crippen molar-refractivity contribution in [2.75, 3.05) is 30.0 Å². The van der Waals surface area contributed by atoms with Gasteiger partial charge in [0.05, 0.1) is 11.4 Å². The second kappa shape index (κ2) is 5.00. The number of nitrogens with two attached hydrogens (primary N) is 1. The van der Waals surface area contributed by atoms with E-state index in [9.17, 15) is 0 Å². The first kappa shape index (κ1) is 12.3. The molecular formula is C15H19N3. The Hall–Kier alpha value is -2.16. The largest absolute Gasteiger partial charge is 0.398 e. The lowest BCUT2D eigenvalue weighted by molar-refractivity contribution is 1.13. The average Bonchev–Trinajstić information content (AvgIpc) is 2.34. The smallest absolute Gasteiger partial charge is 0.0621 e. The monoisotopic (exact) mass is 241 g/mol. The van der Waals surface area contributed by atoms with Crippen LogP contribution in [0.4, 0.5) is 22.7 Å². The van der Waals surface area contributed by atoms with E-state index in [-0.39, 0.29) is 0 Å². The van der Waals surface area contributed by atoms with Gasteiger partial charge in [-0.3, -0.25) is 0 Å². The Bertz CT molecular complexity index is 547. The minimum atomic E-state index is 0.808. The molecule has 0 aromatic heterocycles. The number of nitrogens with zero attached hydrogens (tertiary/aromatic N) is 1. The fourth-order valence-electron chi connectivity index (χ4n) is 1.84. The third-order valence-electron chi connectivity index (χ3n) is 2.94. The molecule has 2 rings (SSSR count). The van der Waals surface area contributed by atoms with Gasteiger partial charge in [0.1, 0.15) is 0 Å². The van der Waals surface area contributed by atoms with Crippen molar-refractivity contribution >= 4 is 22.7 Å². The number of rotatable bonds is 3. The standard InChI is InChI=1S/C15H19N3/c1-11-8-9-12(10-13(11)16)17-14-6-4-5-7-15(14)18(2)3/h4-10,17H,16H2,1-3H3. The maximum atomic E-state index is 5.92. The summed E-state index contributed by atoms with van der Waals surface area (Å²) in [5, 5.41) is 3.40. The van der Waals surface area contributed by atoms with E-state index in [2.05, 4.69) is 22.3 Å². The molecule has 18 heavy (non-hydrogen) atoms. The summed E-state index contributed by atoms with van der Waals surface area (Å²) in [7, 11) is 4.06. The van der Waals surface area contributed by atoms with E-state index in [4.69, 9.17) is 5.73 Å². The predicted octanol–water partition coefficient (Wildman–Crippen LogP) is 3.39. The highest BCUT2D eigenvalue weighted by atomic mass is 15.1. The van der Waals surface area contributed by atoms with Crippen LogP contribution in [0.5, 0.6) is 0 Å². The first-order valence-corrected chi connectivity index (χ1v) is 5.97. The van der Waals surface area contributed by atoms with Gasteiger partial charge in [0.2, 0.25) is 0 Å². The maximum Gasteiger partial charge on any atom is 0.0621 e. The van der Waals surface area contributed by atoms with Crippen LogP contribution in [0.3, 0.4) is 0 Å². The summed E-state index contributed by atoms with van der Waals surface area (Å²) >= 11 is 0. The molecule has 0 saturated carbocycles. The zero-order chi connectivity index (χ0) is 13.1. The highest BCUT2D eigenvalue weighted by Gasteiger charge is 2.04. The van der Waals surface area contributed by atoms with Gasteiger partial charge >= 0.3 is 0 Å². The van der Waals surface area contributed by atoms with Gasteiger partial charge in [0.15, 0.2) is 0 Å². The van der Waals surface area contributed by atoms with E-state index in [0.717, 1.165) is 28.3 Å². The molecule has 0 aliphatic rings. The van der Waals surface area contributed by atoms with Crippen LogP contribution in [0.1, 0.15) is 5.56 Å². The first-order chi connectivity index (χ1) is 8.58. The summed E-state index contributed by atoms with van der Waals surface area (Å²) in [5.41, 5.74) is 11.1. The van der Waals surface area contributed by atoms with E-state index in [1.165, 1.54) is 0 Å². The van der Waals surface area contributed by atoms with Gasteiger partial charge in [-0.15, -0.1) is 0 Å². The zero-order valence-corrected chi connectivity index (χ0v) is 11.1. The van der Waals surface area contributed by atoms with Gasteiger partial charge in [0, 0.05) is 25.5 Å². The molecule has 0 heterocycles. The van der Waals surface area contributed by atoms with E-state index >= 15 is 0 Å². The number of para-hydroxylation sites is 2. The lowest BCUT2D eigenvalue weighted by atomic mass is 10.1. The van der Waals surface area contributed by atoms with E-state index < -0.39 is 0 Å². The lowest BCUT2D eigenvalue weighted by Gasteiger charge is -2.18. The van der Waals surface area contributed by atoms with Crippen molar-refractivity contribution < 1.29 is 0 Å². The Kier molecular flexibility index (Phi) is 3.42. The van der Waals surface area contributed by atoms with Gasteiger partial charge in [0.25, 0.3) is 0 Å². The number of anilines is 4. The summed E-state index contributed by atoms with van der Waals surface area (Å²) in [6.07, 6.45) is 0. The molecule has 0 bridgehead atoms. The molecule has 0 atom stereocenters. The predicted molar refractivity (Wildman–Crippen MR) is 79.6 cm³/mol. The topological polar surface area (TPSA) is 41.3 Å². The van der Waals surface area contributed by atoms with Gasteiger partial charge in [-0.05, 0) is 36.8 Å². The van der Waals surface area contributed by atoms with Crippen molar-refractivity contribution in [1.82, 2.24) is 0 Å². The Balaban J connectivity index is 2.31. The summed E-state index contributed by atoms with van der Waals surface area (Å²) in [4.78, 5) is 2.08. The molecule has 0 aliphatic heterocycles. The molecule has 3 nitrogen and oxygen atoms in total. The SMILES string of the molecule is Cc1ccc(Nc2ccccc2N(C)C)cc1N. The van der Waals surface area contributed by atoms with Gasteiger partial charge < -0.3 is 16.0 Å². The Morgan fingerprint density at radius 3 is 2.44 bits per heavy atom. The van der Waals surface area contributed by atoms with Crippen molar-refractivity contribution in [3.8, 4) is 0 Å². The highest BCUT2D eigenvalue weighted by molar-refractivity contribution is 5.76. The molecule has 0 amide bonds. The lowest BCUT2D eigenvalue weighted by Crippen LogP contribution is -2.10. The number of nitrogen functional groups attached to an aromatic ring is 1. The van der Waals surface area contributed by atoms with Crippen molar-refractivity contribution in [1.29, 1.82) is 0 Å². The molecule has 0 unspecified atom stereocenters. The molecule has 94 valence electrons. The minimum Gasteiger partial charge on any atom is -0.398 e. The quantitative estimate of drug-likeness (QED) is 0.809. The van der Waals surface area contributed by atoms with Crippen LogP contribution >= 0.6 is 0 Å². The van der Waals surface area contributed by atoms with Gasteiger partial charge in [-0.2, -0.15) is 0 Å². The average molecular weight is 241 g/mol. The van der Waals surface area contributed by atoms with Crippen molar-refractivity contribution in [3.63, 3.8) is 0 Å². The molecule has 0 spiro atoms. The van der Waals surface area contributed by atoms with Crippen molar-refractivity contribution in [2.24, 2.45) is 0 Å². The van der Waals surface area contributed by atoms with Crippen LogP contribution in [-0.2, 0) is 0 Å². The molecule has 0 aliphatic carbocycles. The molecule has 2 aromatic rings. The van der Waals surface area contributed by atoms with Crippen LogP contribution in [0.15, 0.2) is 42.5 Å². The maximum absolute atomic E-state index is 5.92. The fraction of sp³-hybridized carbons (Fsp3) is 0.200. The molecule has 0 fully saturated rings. The fourth-order valence-corrected chi connectivity index (χ4v) is 1.84. The van der Waals surface area contributed by atoms with Gasteiger partial charge in [-0.25, -0.2) is 0 Å². The molecular weight excluding hydrogens is 222 g/mol. The molecule has 3 N–H and O–H groups in total.